The van der Waals surface area contributed by atoms with E-state index in [9.17, 15) is 13.9 Å². The Balaban J connectivity index is 2.00. The number of ether oxygens (including phenoxy) is 2. The maximum absolute atomic E-state index is 13.3. The van der Waals surface area contributed by atoms with Crippen molar-refractivity contribution in [2.75, 3.05) is 13.2 Å². The molecule has 1 aliphatic rings. The maximum Gasteiger partial charge on any atom is 0.162 e. The lowest BCUT2D eigenvalue weighted by atomic mass is 10.0. The molecule has 0 aromatic heterocycles. The van der Waals surface area contributed by atoms with E-state index in [1.165, 1.54) is 6.07 Å². The summed E-state index contributed by atoms with van der Waals surface area (Å²) in [7, 11) is 0. The summed E-state index contributed by atoms with van der Waals surface area (Å²) < 4.78 is 37.7. The van der Waals surface area contributed by atoms with Crippen molar-refractivity contribution in [1.82, 2.24) is 0 Å². The third-order valence-corrected chi connectivity index (χ3v) is 3.90. The van der Waals surface area contributed by atoms with Crippen molar-refractivity contribution in [3.63, 3.8) is 0 Å². The summed E-state index contributed by atoms with van der Waals surface area (Å²) in [6.07, 6.45) is -1.11. The second-order valence-corrected chi connectivity index (χ2v) is 5.45. The molecule has 0 aliphatic carbocycles. The average molecular weight is 357 g/mol. The second kappa shape index (κ2) is 5.61. The smallest absolute Gasteiger partial charge is 0.162 e. The molecular formula is C15H11BrF2O3. The number of hydrogen-bond donors (Lipinski definition) is 1. The van der Waals surface area contributed by atoms with Crippen LogP contribution in [0.15, 0.2) is 34.8 Å². The molecule has 0 fully saturated rings. The Morgan fingerprint density at radius 2 is 1.67 bits per heavy atom. The highest BCUT2D eigenvalue weighted by Gasteiger charge is 2.21. The Morgan fingerprint density at radius 1 is 1.00 bits per heavy atom. The van der Waals surface area contributed by atoms with Crippen LogP contribution in [0.25, 0.3) is 0 Å². The zero-order valence-electron chi connectivity index (χ0n) is 10.8. The molecule has 1 aliphatic heterocycles. The predicted octanol–water partition coefficient (Wildman–Crippen LogP) is 3.58. The molecule has 3 nitrogen and oxygen atoms in total. The molecule has 21 heavy (non-hydrogen) atoms. The van der Waals surface area contributed by atoms with Gasteiger partial charge in [-0.05, 0) is 29.8 Å². The van der Waals surface area contributed by atoms with E-state index in [4.69, 9.17) is 9.47 Å². The fourth-order valence-electron chi connectivity index (χ4n) is 2.15. The predicted molar refractivity (Wildman–Crippen MR) is 75.6 cm³/mol. The minimum absolute atomic E-state index is 0.256. The SMILES string of the molecule is OC(c1ccc(F)c(F)c1)c1cc2c(cc1Br)OCCO2. The van der Waals surface area contributed by atoms with Crippen LogP contribution in [0.4, 0.5) is 8.78 Å². The van der Waals surface area contributed by atoms with Gasteiger partial charge < -0.3 is 14.6 Å². The summed E-state index contributed by atoms with van der Waals surface area (Å²) in [6, 6.07) is 6.62. The molecule has 0 saturated carbocycles. The largest absolute Gasteiger partial charge is 0.486 e. The normalized spacial score (nSPS) is 14.9. The van der Waals surface area contributed by atoms with Crippen LogP contribution >= 0.6 is 15.9 Å². The molecule has 0 saturated heterocycles. The number of aliphatic hydroxyl groups excluding tert-OH is 1. The van der Waals surface area contributed by atoms with Crippen LogP contribution in [0.5, 0.6) is 11.5 Å². The summed E-state index contributed by atoms with van der Waals surface area (Å²) in [5, 5.41) is 10.4. The van der Waals surface area contributed by atoms with Gasteiger partial charge in [-0.3, -0.25) is 0 Å². The van der Waals surface area contributed by atoms with E-state index in [1.807, 2.05) is 0 Å². The average Bonchev–Trinajstić information content (AvgIpc) is 2.48. The van der Waals surface area contributed by atoms with Crippen molar-refractivity contribution in [3.05, 3.63) is 57.6 Å². The molecule has 3 rings (SSSR count). The quantitative estimate of drug-likeness (QED) is 0.893. The lowest BCUT2D eigenvalue weighted by Crippen LogP contribution is -2.16. The number of aliphatic hydroxyl groups is 1. The Kier molecular flexibility index (Phi) is 3.82. The molecule has 0 amide bonds. The van der Waals surface area contributed by atoms with Gasteiger partial charge in [-0.1, -0.05) is 22.0 Å². The molecule has 2 aromatic rings. The molecule has 0 radical (unpaired) electrons. The van der Waals surface area contributed by atoms with Gasteiger partial charge in [0, 0.05) is 10.0 Å². The van der Waals surface area contributed by atoms with E-state index in [2.05, 4.69) is 15.9 Å². The van der Waals surface area contributed by atoms with Crippen molar-refractivity contribution < 1.29 is 23.4 Å². The van der Waals surface area contributed by atoms with Gasteiger partial charge >= 0.3 is 0 Å². The van der Waals surface area contributed by atoms with Gasteiger partial charge in [-0.2, -0.15) is 0 Å². The van der Waals surface area contributed by atoms with E-state index < -0.39 is 17.7 Å². The zero-order chi connectivity index (χ0) is 15.0. The molecule has 1 N–H and O–H groups in total. The Labute approximate surface area is 128 Å². The summed E-state index contributed by atoms with van der Waals surface area (Å²) in [6.45, 7) is 0.889. The molecular weight excluding hydrogens is 346 g/mol. The first-order chi connectivity index (χ1) is 10.1. The van der Waals surface area contributed by atoms with Crippen LogP contribution in [0.2, 0.25) is 0 Å². The van der Waals surface area contributed by atoms with E-state index in [-0.39, 0.29) is 5.56 Å². The monoisotopic (exact) mass is 356 g/mol. The third kappa shape index (κ3) is 2.73. The minimum atomic E-state index is -1.11. The first-order valence-corrected chi connectivity index (χ1v) is 7.07. The molecule has 0 spiro atoms. The van der Waals surface area contributed by atoms with Gasteiger partial charge in [0.25, 0.3) is 0 Å². The summed E-state index contributed by atoms with van der Waals surface area (Å²) in [4.78, 5) is 0. The molecule has 1 atom stereocenters. The topological polar surface area (TPSA) is 38.7 Å². The van der Waals surface area contributed by atoms with Gasteiger partial charge in [0.1, 0.15) is 19.3 Å². The van der Waals surface area contributed by atoms with Crippen LogP contribution in [0.3, 0.4) is 0 Å². The lowest BCUT2D eigenvalue weighted by Gasteiger charge is -2.21. The van der Waals surface area contributed by atoms with Crippen molar-refractivity contribution >= 4 is 15.9 Å². The molecule has 6 heteroatoms. The highest BCUT2D eigenvalue weighted by molar-refractivity contribution is 9.10. The van der Waals surface area contributed by atoms with Crippen LogP contribution in [-0.2, 0) is 0 Å². The highest BCUT2D eigenvalue weighted by Crippen LogP contribution is 2.39. The summed E-state index contributed by atoms with van der Waals surface area (Å²) in [5.74, 6) is -0.858. The number of halogens is 3. The molecule has 110 valence electrons. The number of benzene rings is 2. The molecule has 0 bridgehead atoms. The Bertz CT molecular complexity index is 691. The van der Waals surface area contributed by atoms with Crippen molar-refractivity contribution in [1.29, 1.82) is 0 Å². The van der Waals surface area contributed by atoms with Crippen LogP contribution in [0.1, 0.15) is 17.2 Å². The van der Waals surface area contributed by atoms with Gasteiger partial charge in [-0.15, -0.1) is 0 Å². The van der Waals surface area contributed by atoms with Crippen molar-refractivity contribution in [3.8, 4) is 11.5 Å². The van der Waals surface area contributed by atoms with E-state index in [0.717, 1.165) is 12.1 Å². The Morgan fingerprint density at radius 3 is 2.33 bits per heavy atom. The second-order valence-electron chi connectivity index (χ2n) is 4.59. The summed E-state index contributed by atoms with van der Waals surface area (Å²) in [5.41, 5.74) is 0.747. The van der Waals surface area contributed by atoms with E-state index in [0.29, 0.717) is 34.7 Å². The van der Waals surface area contributed by atoms with E-state index >= 15 is 0 Å². The number of hydrogen-bond acceptors (Lipinski definition) is 3. The van der Waals surface area contributed by atoms with Crippen LogP contribution < -0.4 is 9.47 Å². The molecule has 2 aromatic carbocycles. The van der Waals surface area contributed by atoms with Crippen LogP contribution in [-0.4, -0.2) is 18.3 Å². The van der Waals surface area contributed by atoms with Gasteiger partial charge in [0.05, 0.1) is 0 Å². The first kappa shape index (κ1) is 14.3. The number of rotatable bonds is 2. The fourth-order valence-corrected chi connectivity index (χ4v) is 2.69. The highest BCUT2D eigenvalue weighted by atomic mass is 79.9. The Hall–Kier alpha value is -1.66. The number of fused-ring (bicyclic) bond motifs is 1. The van der Waals surface area contributed by atoms with Crippen molar-refractivity contribution in [2.45, 2.75) is 6.10 Å². The minimum Gasteiger partial charge on any atom is -0.486 e. The van der Waals surface area contributed by atoms with E-state index in [1.54, 1.807) is 12.1 Å². The maximum atomic E-state index is 13.3. The summed E-state index contributed by atoms with van der Waals surface area (Å²) >= 11 is 3.34. The first-order valence-electron chi connectivity index (χ1n) is 6.28. The fraction of sp³-hybridized carbons (Fsp3) is 0.200. The molecule has 1 heterocycles. The van der Waals surface area contributed by atoms with Gasteiger partial charge in [0.2, 0.25) is 0 Å². The molecule has 1 unspecified atom stereocenters. The van der Waals surface area contributed by atoms with Crippen LogP contribution in [0, 0.1) is 11.6 Å². The van der Waals surface area contributed by atoms with Gasteiger partial charge in [-0.25, -0.2) is 8.78 Å². The van der Waals surface area contributed by atoms with Gasteiger partial charge in [0.15, 0.2) is 23.1 Å². The van der Waals surface area contributed by atoms with Crippen molar-refractivity contribution in [2.24, 2.45) is 0 Å². The standard InChI is InChI=1S/C15H11BrF2O3/c16-10-7-14-13(20-3-4-21-14)6-9(10)15(19)8-1-2-11(17)12(18)5-8/h1-2,5-7,15,19H,3-4H2. The lowest BCUT2D eigenvalue weighted by molar-refractivity contribution is 0.169. The third-order valence-electron chi connectivity index (χ3n) is 3.22. The zero-order valence-corrected chi connectivity index (χ0v) is 12.4.